The average molecular weight is 224 g/mol. The molecule has 4 heteroatoms. The van der Waals surface area contributed by atoms with Crippen LogP contribution in [0.15, 0.2) is 0 Å². The van der Waals surface area contributed by atoms with Crippen molar-refractivity contribution in [3.8, 4) is 0 Å². The van der Waals surface area contributed by atoms with Crippen molar-refractivity contribution >= 4 is 11.8 Å². The van der Waals surface area contributed by atoms with Crippen LogP contribution in [0.5, 0.6) is 0 Å². The van der Waals surface area contributed by atoms with Gasteiger partial charge in [-0.1, -0.05) is 0 Å². The molecule has 0 aromatic carbocycles. The number of carbonyl (C=O) groups excluding carboxylic acids is 2. The van der Waals surface area contributed by atoms with Crippen LogP contribution in [-0.2, 0) is 9.59 Å². The van der Waals surface area contributed by atoms with E-state index in [-0.39, 0.29) is 23.9 Å². The minimum absolute atomic E-state index is 0.0299. The van der Waals surface area contributed by atoms with Crippen molar-refractivity contribution in [2.24, 2.45) is 5.92 Å². The Balaban J connectivity index is 2.29. The highest BCUT2D eigenvalue weighted by Crippen LogP contribution is 2.37. The van der Waals surface area contributed by atoms with Crippen molar-refractivity contribution in [1.82, 2.24) is 10.2 Å². The Bertz CT molecular complexity index is 332. The maximum Gasteiger partial charge on any atom is 0.246 e. The summed E-state index contributed by atoms with van der Waals surface area (Å²) in [7, 11) is 0. The molecule has 2 amide bonds. The molecule has 16 heavy (non-hydrogen) atoms. The molecule has 2 fully saturated rings. The summed E-state index contributed by atoms with van der Waals surface area (Å²) in [6.45, 7) is 7.54. The van der Waals surface area contributed by atoms with E-state index in [1.165, 1.54) is 0 Å². The number of carbonyl (C=O) groups is 2. The van der Waals surface area contributed by atoms with Crippen LogP contribution >= 0.6 is 0 Å². The van der Waals surface area contributed by atoms with E-state index in [4.69, 9.17) is 0 Å². The third-order valence-electron chi connectivity index (χ3n) is 3.56. The van der Waals surface area contributed by atoms with Crippen LogP contribution in [0.1, 0.15) is 40.5 Å². The van der Waals surface area contributed by atoms with Gasteiger partial charge in [0.25, 0.3) is 0 Å². The minimum Gasteiger partial charge on any atom is -0.342 e. The summed E-state index contributed by atoms with van der Waals surface area (Å²) in [6.07, 6.45) is 2.12. The summed E-state index contributed by atoms with van der Waals surface area (Å²) in [5.41, 5.74) is -0.726. The van der Waals surface area contributed by atoms with Crippen LogP contribution in [0.25, 0.3) is 0 Å². The van der Waals surface area contributed by atoms with Gasteiger partial charge in [0, 0.05) is 6.04 Å². The Morgan fingerprint density at radius 1 is 1.31 bits per heavy atom. The molecule has 2 rings (SSSR count). The molecule has 1 unspecified atom stereocenters. The van der Waals surface area contributed by atoms with Crippen LogP contribution in [0, 0.1) is 5.92 Å². The fourth-order valence-electron chi connectivity index (χ4n) is 2.56. The number of rotatable bonds is 2. The molecule has 1 atom stereocenters. The first-order valence-corrected chi connectivity index (χ1v) is 6.00. The highest BCUT2D eigenvalue weighted by molar-refractivity contribution is 5.99. The lowest BCUT2D eigenvalue weighted by atomic mass is 9.92. The summed E-state index contributed by atoms with van der Waals surface area (Å²) < 4.78 is 0. The van der Waals surface area contributed by atoms with E-state index in [1.807, 2.05) is 27.7 Å². The molecule has 2 aliphatic rings. The molecule has 0 bridgehead atoms. The predicted octanol–water partition coefficient (Wildman–Crippen LogP) is 0.910. The molecular weight excluding hydrogens is 204 g/mol. The second-order valence-electron chi connectivity index (χ2n) is 5.65. The van der Waals surface area contributed by atoms with Crippen molar-refractivity contribution in [2.45, 2.75) is 58.2 Å². The molecule has 90 valence electrons. The zero-order valence-electron chi connectivity index (χ0n) is 10.4. The SMILES string of the molecule is CC(C)N1C(=O)C(C2CC2)NC(=O)C1(C)C. The van der Waals surface area contributed by atoms with Gasteiger partial charge in [0.1, 0.15) is 11.6 Å². The first-order valence-electron chi connectivity index (χ1n) is 6.00. The van der Waals surface area contributed by atoms with Gasteiger partial charge in [0.2, 0.25) is 11.8 Å². The van der Waals surface area contributed by atoms with Gasteiger partial charge < -0.3 is 10.2 Å². The third kappa shape index (κ3) is 1.60. The van der Waals surface area contributed by atoms with Gasteiger partial charge in [-0.05, 0) is 46.5 Å². The number of nitrogens with one attached hydrogen (secondary N) is 1. The molecule has 0 spiro atoms. The van der Waals surface area contributed by atoms with Crippen molar-refractivity contribution in [1.29, 1.82) is 0 Å². The molecule has 0 radical (unpaired) electrons. The van der Waals surface area contributed by atoms with Crippen molar-refractivity contribution in [3.05, 3.63) is 0 Å². The third-order valence-corrected chi connectivity index (χ3v) is 3.56. The molecule has 1 saturated heterocycles. The minimum atomic E-state index is -0.726. The zero-order valence-corrected chi connectivity index (χ0v) is 10.4. The van der Waals surface area contributed by atoms with E-state index in [1.54, 1.807) is 4.90 Å². The Kier molecular flexibility index (Phi) is 2.48. The van der Waals surface area contributed by atoms with E-state index in [0.717, 1.165) is 12.8 Å². The summed E-state index contributed by atoms with van der Waals surface area (Å²) in [4.78, 5) is 26.1. The van der Waals surface area contributed by atoms with Crippen LogP contribution in [0.3, 0.4) is 0 Å². The van der Waals surface area contributed by atoms with E-state index in [2.05, 4.69) is 5.32 Å². The quantitative estimate of drug-likeness (QED) is 0.758. The average Bonchev–Trinajstić information content (AvgIpc) is 2.93. The van der Waals surface area contributed by atoms with Crippen LogP contribution in [0.4, 0.5) is 0 Å². The van der Waals surface area contributed by atoms with Gasteiger partial charge in [-0.25, -0.2) is 0 Å². The Morgan fingerprint density at radius 2 is 1.88 bits per heavy atom. The standard InChI is InChI=1S/C12H20N2O2/c1-7(2)14-10(15)9(8-5-6-8)13-11(16)12(14,3)4/h7-9H,5-6H2,1-4H3,(H,13,16). The van der Waals surface area contributed by atoms with Gasteiger partial charge in [0.15, 0.2) is 0 Å². The molecule has 1 saturated carbocycles. The second-order valence-corrected chi connectivity index (χ2v) is 5.65. The fraction of sp³-hybridized carbons (Fsp3) is 0.833. The first-order chi connectivity index (χ1) is 7.35. The molecule has 1 heterocycles. The van der Waals surface area contributed by atoms with Crippen LogP contribution in [0.2, 0.25) is 0 Å². The Hall–Kier alpha value is -1.06. The molecular formula is C12H20N2O2. The van der Waals surface area contributed by atoms with Gasteiger partial charge in [-0.3, -0.25) is 9.59 Å². The van der Waals surface area contributed by atoms with E-state index in [9.17, 15) is 9.59 Å². The van der Waals surface area contributed by atoms with Crippen molar-refractivity contribution < 1.29 is 9.59 Å². The molecule has 4 nitrogen and oxygen atoms in total. The number of hydrogen-bond donors (Lipinski definition) is 1. The Morgan fingerprint density at radius 3 is 2.31 bits per heavy atom. The first kappa shape index (κ1) is 11.4. The summed E-state index contributed by atoms with van der Waals surface area (Å²) in [6, 6.07) is -0.210. The summed E-state index contributed by atoms with van der Waals surface area (Å²) >= 11 is 0. The fourth-order valence-corrected chi connectivity index (χ4v) is 2.56. The lowest BCUT2D eigenvalue weighted by Gasteiger charge is -2.46. The number of piperazine rings is 1. The monoisotopic (exact) mass is 224 g/mol. The van der Waals surface area contributed by atoms with Crippen LogP contribution in [-0.4, -0.2) is 34.3 Å². The highest BCUT2D eigenvalue weighted by Gasteiger charge is 2.51. The molecule has 0 aromatic rings. The van der Waals surface area contributed by atoms with E-state index in [0.29, 0.717) is 5.92 Å². The normalized spacial score (nSPS) is 29.6. The number of amides is 2. The number of hydrogen-bond acceptors (Lipinski definition) is 2. The summed E-state index contributed by atoms with van der Waals surface area (Å²) in [5.74, 6) is 0.425. The van der Waals surface area contributed by atoms with Gasteiger partial charge in [0.05, 0.1) is 0 Å². The smallest absolute Gasteiger partial charge is 0.246 e. The lowest BCUT2D eigenvalue weighted by Crippen LogP contribution is -2.70. The maximum atomic E-state index is 12.3. The highest BCUT2D eigenvalue weighted by atomic mass is 16.2. The predicted molar refractivity (Wildman–Crippen MR) is 60.7 cm³/mol. The van der Waals surface area contributed by atoms with Gasteiger partial charge >= 0.3 is 0 Å². The molecule has 1 N–H and O–H groups in total. The van der Waals surface area contributed by atoms with E-state index >= 15 is 0 Å². The van der Waals surface area contributed by atoms with Crippen molar-refractivity contribution in [2.75, 3.05) is 0 Å². The van der Waals surface area contributed by atoms with Crippen molar-refractivity contribution in [3.63, 3.8) is 0 Å². The topological polar surface area (TPSA) is 49.4 Å². The molecule has 1 aliphatic carbocycles. The lowest BCUT2D eigenvalue weighted by molar-refractivity contribution is -0.158. The maximum absolute atomic E-state index is 12.3. The number of nitrogens with zero attached hydrogens (tertiary/aromatic N) is 1. The van der Waals surface area contributed by atoms with Gasteiger partial charge in [-0.2, -0.15) is 0 Å². The Labute approximate surface area is 96.4 Å². The molecule has 0 aromatic heterocycles. The van der Waals surface area contributed by atoms with Crippen LogP contribution < -0.4 is 5.32 Å². The summed E-state index contributed by atoms with van der Waals surface area (Å²) in [5, 5.41) is 2.87. The van der Waals surface area contributed by atoms with Gasteiger partial charge in [-0.15, -0.1) is 0 Å². The zero-order chi connectivity index (χ0) is 12.1. The van der Waals surface area contributed by atoms with E-state index < -0.39 is 5.54 Å². The molecule has 1 aliphatic heterocycles. The second kappa shape index (κ2) is 3.47. The largest absolute Gasteiger partial charge is 0.342 e.